The van der Waals surface area contributed by atoms with Crippen LogP contribution < -0.4 is 10.2 Å². The predicted octanol–water partition coefficient (Wildman–Crippen LogP) is 2.65. The zero-order chi connectivity index (χ0) is 14.8. The van der Waals surface area contributed by atoms with Gasteiger partial charge < -0.3 is 14.8 Å². The molecule has 0 atom stereocenters. The van der Waals surface area contributed by atoms with Gasteiger partial charge in [0.25, 0.3) is 0 Å². The van der Waals surface area contributed by atoms with E-state index in [9.17, 15) is 0 Å². The Morgan fingerprint density at radius 2 is 2.05 bits per heavy atom. The standard InChI is InChI=1S/C16H19N5/c1-20(2)16-19-10-13(21(16)3)9-18-15-6-4-5-12-7-8-17-11-14(12)15/h4-8,10-11,18H,9H2,1-3H3. The number of pyridine rings is 1. The first kappa shape index (κ1) is 13.4. The van der Waals surface area contributed by atoms with Gasteiger partial charge in [-0.25, -0.2) is 4.98 Å². The average Bonchev–Trinajstić information content (AvgIpc) is 2.86. The number of nitrogens with one attached hydrogen (secondary N) is 1. The minimum atomic E-state index is 0.728. The Balaban J connectivity index is 1.84. The maximum absolute atomic E-state index is 4.43. The molecule has 1 N–H and O–H groups in total. The van der Waals surface area contributed by atoms with Crippen LogP contribution in [0.4, 0.5) is 11.6 Å². The molecule has 0 aliphatic heterocycles. The molecule has 5 heteroatoms. The monoisotopic (exact) mass is 281 g/mol. The minimum absolute atomic E-state index is 0.728. The van der Waals surface area contributed by atoms with Crippen molar-refractivity contribution in [2.45, 2.75) is 6.54 Å². The lowest BCUT2D eigenvalue weighted by Gasteiger charge is -2.13. The highest BCUT2D eigenvalue weighted by Crippen LogP contribution is 2.23. The van der Waals surface area contributed by atoms with Crippen molar-refractivity contribution in [1.82, 2.24) is 14.5 Å². The fourth-order valence-electron chi connectivity index (χ4n) is 2.47. The Bertz CT molecular complexity index is 755. The molecule has 0 saturated carbocycles. The molecule has 21 heavy (non-hydrogen) atoms. The molecule has 0 bridgehead atoms. The molecule has 108 valence electrons. The maximum atomic E-state index is 4.43. The van der Waals surface area contributed by atoms with E-state index in [2.05, 4.69) is 38.1 Å². The third-order valence-corrected chi connectivity index (χ3v) is 3.60. The van der Waals surface area contributed by atoms with E-state index in [1.807, 2.05) is 50.7 Å². The van der Waals surface area contributed by atoms with Gasteiger partial charge in [-0.3, -0.25) is 4.98 Å². The highest BCUT2D eigenvalue weighted by atomic mass is 15.3. The summed E-state index contributed by atoms with van der Waals surface area (Å²) in [5.74, 6) is 0.950. The van der Waals surface area contributed by atoms with Crippen LogP contribution in [0.15, 0.2) is 42.9 Å². The minimum Gasteiger partial charge on any atom is -0.379 e. The van der Waals surface area contributed by atoms with Gasteiger partial charge in [-0.1, -0.05) is 12.1 Å². The van der Waals surface area contributed by atoms with Crippen LogP contribution in [0.25, 0.3) is 10.8 Å². The van der Waals surface area contributed by atoms with Crippen LogP contribution in [0.1, 0.15) is 5.69 Å². The summed E-state index contributed by atoms with van der Waals surface area (Å²) in [6.07, 6.45) is 5.62. The largest absolute Gasteiger partial charge is 0.379 e. The van der Waals surface area contributed by atoms with Crippen LogP contribution in [-0.4, -0.2) is 28.6 Å². The van der Waals surface area contributed by atoms with Crippen LogP contribution in [0.2, 0.25) is 0 Å². The molecular weight excluding hydrogens is 262 g/mol. The van der Waals surface area contributed by atoms with Gasteiger partial charge in [0.05, 0.1) is 18.4 Å². The van der Waals surface area contributed by atoms with Crippen molar-refractivity contribution < 1.29 is 0 Å². The number of hydrogen-bond acceptors (Lipinski definition) is 4. The molecule has 3 rings (SSSR count). The van der Waals surface area contributed by atoms with Gasteiger partial charge in [0, 0.05) is 44.6 Å². The highest BCUT2D eigenvalue weighted by molar-refractivity contribution is 5.92. The third kappa shape index (κ3) is 2.54. The van der Waals surface area contributed by atoms with Crippen LogP contribution in [0.5, 0.6) is 0 Å². The molecule has 0 aliphatic rings. The van der Waals surface area contributed by atoms with Crippen molar-refractivity contribution in [1.29, 1.82) is 0 Å². The summed E-state index contributed by atoms with van der Waals surface area (Å²) in [6, 6.07) is 8.25. The number of anilines is 2. The van der Waals surface area contributed by atoms with E-state index >= 15 is 0 Å². The molecule has 0 radical (unpaired) electrons. The van der Waals surface area contributed by atoms with Crippen molar-refractivity contribution in [2.75, 3.05) is 24.3 Å². The van der Waals surface area contributed by atoms with E-state index in [1.54, 1.807) is 0 Å². The molecule has 0 fully saturated rings. The Kier molecular flexibility index (Phi) is 3.48. The second kappa shape index (κ2) is 5.44. The Labute approximate surface area is 124 Å². The van der Waals surface area contributed by atoms with Crippen LogP contribution in [0.3, 0.4) is 0 Å². The van der Waals surface area contributed by atoms with E-state index in [-0.39, 0.29) is 0 Å². The normalized spacial score (nSPS) is 10.8. The second-order valence-corrected chi connectivity index (χ2v) is 5.26. The molecule has 0 spiro atoms. The fraction of sp³-hybridized carbons (Fsp3) is 0.250. The summed E-state index contributed by atoms with van der Waals surface area (Å²) in [5, 5.41) is 5.80. The summed E-state index contributed by atoms with van der Waals surface area (Å²) >= 11 is 0. The smallest absolute Gasteiger partial charge is 0.204 e. The van der Waals surface area contributed by atoms with Gasteiger partial charge in [-0.15, -0.1) is 0 Å². The maximum Gasteiger partial charge on any atom is 0.204 e. The van der Waals surface area contributed by atoms with Gasteiger partial charge in [-0.2, -0.15) is 0 Å². The Morgan fingerprint density at radius 3 is 2.81 bits per heavy atom. The van der Waals surface area contributed by atoms with E-state index in [0.717, 1.165) is 29.3 Å². The first-order chi connectivity index (χ1) is 10.2. The van der Waals surface area contributed by atoms with E-state index in [1.165, 1.54) is 5.39 Å². The number of nitrogens with zero attached hydrogens (tertiary/aromatic N) is 4. The van der Waals surface area contributed by atoms with Crippen molar-refractivity contribution in [3.63, 3.8) is 0 Å². The Morgan fingerprint density at radius 1 is 1.19 bits per heavy atom. The number of fused-ring (bicyclic) bond motifs is 1. The topological polar surface area (TPSA) is 46.0 Å². The summed E-state index contributed by atoms with van der Waals surface area (Å²) in [6.45, 7) is 0.728. The molecule has 0 aliphatic carbocycles. The van der Waals surface area contributed by atoms with Gasteiger partial charge in [0.2, 0.25) is 5.95 Å². The Hall–Kier alpha value is -2.56. The molecular formula is C16H19N5. The van der Waals surface area contributed by atoms with Crippen LogP contribution >= 0.6 is 0 Å². The molecule has 0 saturated heterocycles. The zero-order valence-electron chi connectivity index (χ0n) is 12.5. The lowest BCUT2D eigenvalue weighted by atomic mass is 10.1. The first-order valence-electron chi connectivity index (χ1n) is 6.91. The average molecular weight is 281 g/mol. The summed E-state index contributed by atoms with van der Waals surface area (Å²) < 4.78 is 2.09. The SMILES string of the molecule is CN(C)c1ncc(CNc2cccc3ccncc23)n1C. The second-order valence-electron chi connectivity index (χ2n) is 5.26. The quantitative estimate of drug-likeness (QED) is 0.798. The first-order valence-corrected chi connectivity index (χ1v) is 6.91. The van der Waals surface area contributed by atoms with Gasteiger partial charge >= 0.3 is 0 Å². The van der Waals surface area contributed by atoms with Gasteiger partial charge in [-0.05, 0) is 17.5 Å². The predicted molar refractivity (Wildman–Crippen MR) is 86.6 cm³/mol. The molecule has 2 aromatic heterocycles. The lowest BCUT2D eigenvalue weighted by molar-refractivity contribution is 0.814. The number of aromatic nitrogens is 3. The number of imidazole rings is 1. The van der Waals surface area contributed by atoms with Crippen LogP contribution in [-0.2, 0) is 13.6 Å². The fourth-order valence-corrected chi connectivity index (χ4v) is 2.47. The van der Waals surface area contributed by atoms with E-state index in [0.29, 0.717) is 0 Å². The van der Waals surface area contributed by atoms with E-state index < -0.39 is 0 Å². The molecule has 3 aromatic rings. The van der Waals surface area contributed by atoms with Crippen molar-refractivity contribution in [2.24, 2.45) is 7.05 Å². The number of hydrogen-bond donors (Lipinski definition) is 1. The summed E-state index contributed by atoms with van der Waals surface area (Å²) in [5.41, 5.74) is 2.23. The molecule has 5 nitrogen and oxygen atoms in total. The molecule has 0 unspecified atom stereocenters. The zero-order valence-corrected chi connectivity index (χ0v) is 12.5. The van der Waals surface area contributed by atoms with E-state index in [4.69, 9.17) is 0 Å². The summed E-state index contributed by atoms with van der Waals surface area (Å²) in [4.78, 5) is 10.6. The van der Waals surface area contributed by atoms with Crippen molar-refractivity contribution >= 4 is 22.4 Å². The van der Waals surface area contributed by atoms with Gasteiger partial charge in [0.15, 0.2) is 0 Å². The lowest BCUT2D eigenvalue weighted by Crippen LogP contribution is -2.15. The van der Waals surface area contributed by atoms with Crippen molar-refractivity contribution in [3.8, 4) is 0 Å². The highest BCUT2D eigenvalue weighted by Gasteiger charge is 2.08. The van der Waals surface area contributed by atoms with Gasteiger partial charge in [0.1, 0.15) is 0 Å². The van der Waals surface area contributed by atoms with Crippen molar-refractivity contribution in [3.05, 3.63) is 48.5 Å². The summed E-state index contributed by atoms with van der Waals surface area (Å²) in [7, 11) is 6.02. The molecule has 2 heterocycles. The molecule has 1 aromatic carbocycles. The number of rotatable bonds is 4. The third-order valence-electron chi connectivity index (χ3n) is 3.60. The number of benzene rings is 1. The molecule has 0 amide bonds. The van der Waals surface area contributed by atoms with Crippen LogP contribution in [0, 0.1) is 0 Å².